The van der Waals surface area contributed by atoms with Gasteiger partial charge in [0.25, 0.3) is 0 Å². The number of carboxylic acids is 1. The van der Waals surface area contributed by atoms with Gasteiger partial charge in [0, 0.05) is 27.8 Å². The van der Waals surface area contributed by atoms with E-state index in [4.69, 9.17) is 33.0 Å². The average Bonchev–Trinajstić information content (AvgIpc) is 3.01. The topological polar surface area (TPSA) is 64.3 Å². The maximum absolute atomic E-state index is 14.0. The van der Waals surface area contributed by atoms with E-state index in [-0.39, 0.29) is 12.3 Å². The fraction of sp³-hybridized carbons (Fsp3) is 0.200. The lowest BCUT2D eigenvalue weighted by Crippen LogP contribution is -2.08. The zero-order chi connectivity index (χ0) is 20.3. The van der Waals surface area contributed by atoms with Crippen molar-refractivity contribution < 1.29 is 19.0 Å². The molecule has 5 nitrogen and oxygen atoms in total. The Morgan fingerprint density at radius 1 is 1.14 bits per heavy atom. The largest absolute Gasteiger partial charge is 0.489 e. The van der Waals surface area contributed by atoms with Crippen LogP contribution in [0, 0.1) is 12.7 Å². The molecule has 0 aliphatic heterocycles. The molecule has 8 heteroatoms. The van der Waals surface area contributed by atoms with Crippen LogP contribution in [0.25, 0.3) is 0 Å². The summed E-state index contributed by atoms with van der Waals surface area (Å²) in [7, 11) is 0. The number of nitrogens with zero attached hydrogens (tertiary/aromatic N) is 2. The lowest BCUT2D eigenvalue weighted by molar-refractivity contribution is 0.0689. The van der Waals surface area contributed by atoms with Crippen LogP contribution < -0.4 is 4.74 Å². The van der Waals surface area contributed by atoms with Gasteiger partial charge in [-0.2, -0.15) is 5.10 Å². The fourth-order valence-corrected chi connectivity index (χ4v) is 3.10. The number of aryl methyl sites for hydroxylation is 3. The number of hydrogen-bond acceptors (Lipinski definition) is 3. The van der Waals surface area contributed by atoms with Crippen molar-refractivity contribution in [3.05, 3.63) is 80.8 Å². The summed E-state index contributed by atoms with van der Waals surface area (Å²) in [6, 6.07) is 11.1. The Hall–Kier alpha value is -2.57. The molecule has 28 heavy (non-hydrogen) atoms. The van der Waals surface area contributed by atoms with Gasteiger partial charge in [0.1, 0.15) is 18.2 Å². The van der Waals surface area contributed by atoms with Crippen LogP contribution in [-0.2, 0) is 19.6 Å². The summed E-state index contributed by atoms with van der Waals surface area (Å²) in [5.41, 5.74) is 1.94. The Labute approximate surface area is 171 Å². The maximum atomic E-state index is 14.0. The minimum Gasteiger partial charge on any atom is -0.489 e. The van der Waals surface area contributed by atoms with Crippen molar-refractivity contribution in [1.82, 2.24) is 9.78 Å². The summed E-state index contributed by atoms with van der Waals surface area (Å²) < 4.78 is 21.4. The van der Waals surface area contributed by atoms with Crippen molar-refractivity contribution in [3.8, 4) is 5.75 Å². The first-order chi connectivity index (χ1) is 13.3. The zero-order valence-electron chi connectivity index (χ0n) is 15.0. The van der Waals surface area contributed by atoms with Crippen molar-refractivity contribution in [2.24, 2.45) is 0 Å². The van der Waals surface area contributed by atoms with Gasteiger partial charge in [-0.15, -0.1) is 0 Å². The van der Waals surface area contributed by atoms with Crippen molar-refractivity contribution in [3.63, 3.8) is 0 Å². The van der Waals surface area contributed by atoms with E-state index >= 15 is 0 Å². The molecule has 0 atom stereocenters. The molecule has 3 rings (SSSR count). The van der Waals surface area contributed by atoms with Crippen LogP contribution in [-0.4, -0.2) is 20.9 Å². The third kappa shape index (κ3) is 4.82. The van der Waals surface area contributed by atoms with Crippen LogP contribution in [0.5, 0.6) is 5.75 Å². The highest BCUT2D eigenvalue weighted by Gasteiger charge is 2.12. The zero-order valence-corrected chi connectivity index (χ0v) is 16.5. The Morgan fingerprint density at radius 3 is 2.54 bits per heavy atom. The second-order valence-corrected chi connectivity index (χ2v) is 7.10. The van der Waals surface area contributed by atoms with Crippen LogP contribution in [0.3, 0.4) is 0 Å². The van der Waals surface area contributed by atoms with E-state index in [1.165, 1.54) is 12.1 Å². The number of aromatic carboxylic acids is 1. The van der Waals surface area contributed by atoms with Gasteiger partial charge in [0.05, 0.1) is 0 Å². The highest BCUT2D eigenvalue weighted by Crippen LogP contribution is 2.26. The number of carbonyl (C=O) groups is 1. The normalized spacial score (nSPS) is 10.9. The molecule has 3 aromatic rings. The van der Waals surface area contributed by atoms with Gasteiger partial charge in [-0.3, -0.25) is 4.68 Å². The van der Waals surface area contributed by atoms with Crippen LogP contribution in [0.1, 0.15) is 27.3 Å². The molecule has 0 unspecified atom stereocenters. The first-order valence-corrected chi connectivity index (χ1v) is 9.22. The number of hydrogen-bond donors (Lipinski definition) is 1. The molecule has 0 spiro atoms. The molecule has 0 bridgehead atoms. The molecule has 0 saturated carbocycles. The number of halogens is 3. The highest BCUT2D eigenvalue weighted by atomic mass is 35.5. The van der Waals surface area contributed by atoms with E-state index in [9.17, 15) is 9.18 Å². The molecule has 0 saturated heterocycles. The molecular weight excluding hydrogens is 406 g/mol. The van der Waals surface area contributed by atoms with E-state index in [2.05, 4.69) is 5.10 Å². The van der Waals surface area contributed by atoms with Crippen LogP contribution in [0.4, 0.5) is 4.39 Å². The third-order valence-corrected chi connectivity index (χ3v) is 4.68. The number of aromatic nitrogens is 2. The minimum atomic E-state index is -1.07. The molecule has 1 aromatic heterocycles. The summed E-state index contributed by atoms with van der Waals surface area (Å²) >= 11 is 11.9. The number of carboxylic acid groups (broad SMARTS) is 1. The molecule has 1 N–H and O–H groups in total. The second kappa shape index (κ2) is 8.63. The quantitative estimate of drug-likeness (QED) is 0.571. The van der Waals surface area contributed by atoms with Gasteiger partial charge in [-0.05, 0) is 55.3 Å². The first kappa shape index (κ1) is 20.2. The Bertz CT molecular complexity index is 1020. The van der Waals surface area contributed by atoms with Gasteiger partial charge in [-0.25, -0.2) is 9.18 Å². The first-order valence-electron chi connectivity index (χ1n) is 8.46. The number of benzene rings is 2. The predicted octanol–water partition coefficient (Wildman–Crippen LogP) is 5.16. The smallest absolute Gasteiger partial charge is 0.356 e. The van der Waals surface area contributed by atoms with E-state index in [1.54, 1.807) is 41.9 Å². The SMILES string of the molecule is Cc1cc(C(=O)O)nn1CCc1cc(Cl)ccc1OCc1ccc(Cl)cc1F. The van der Waals surface area contributed by atoms with Crippen LogP contribution in [0.15, 0.2) is 42.5 Å². The fourth-order valence-electron chi connectivity index (χ4n) is 2.75. The minimum absolute atomic E-state index is 0.00159. The predicted molar refractivity (Wildman–Crippen MR) is 105 cm³/mol. The summed E-state index contributed by atoms with van der Waals surface area (Å²) in [5.74, 6) is -0.933. The molecule has 1 heterocycles. The van der Waals surface area contributed by atoms with E-state index in [0.29, 0.717) is 34.3 Å². The van der Waals surface area contributed by atoms with Gasteiger partial charge in [-0.1, -0.05) is 29.3 Å². The number of ether oxygens (including phenoxy) is 1. The molecule has 0 aliphatic carbocycles. The third-order valence-electron chi connectivity index (χ3n) is 4.21. The van der Waals surface area contributed by atoms with Crippen molar-refractivity contribution >= 4 is 29.2 Å². The summed E-state index contributed by atoms with van der Waals surface area (Å²) in [6.45, 7) is 2.28. The standard InChI is InChI=1S/C20H17Cl2FN2O3/c1-12-8-18(20(26)27)24-25(12)7-6-13-9-15(21)4-5-19(13)28-11-14-2-3-16(22)10-17(14)23/h2-5,8-10H,6-7,11H2,1H3,(H,26,27). The molecule has 146 valence electrons. The lowest BCUT2D eigenvalue weighted by atomic mass is 10.1. The molecule has 0 radical (unpaired) electrons. The monoisotopic (exact) mass is 422 g/mol. The number of rotatable bonds is 7. The average molecular weight is 423 g/mol. The molecule has 0 amide bonds. The summed E-state index contributed by atoms with van der Waals surface area (Å²) in [5, 5.41) is 14.0. The van der Waals surface area contributed by atoms with Crippen molar-refractivity contribution in [1.29, 1.82) is 0 Å². The second-order valence-electron chi connectivity index (χ2n) is 6.23. The summed E-state index contributed by atoms with van der Waals surface area (Å²) in [6.07, 6.45) is 0.514. The highest BCUT2D eigenvalue weighted by molar-refractivity contribution is 6.30. The van der Waals surface area contributed by atoms with Gasteiger partial charge in [0.15, 0.2) is 5.69 Å². The molecule has 0 aliphatic rings. The Kier molecular flexibility index (Phi) is 6.21. The van der Waals surface area contributed by atoms with Crippen molar-refractivity contribution in [2.45, 2.75) is 26.5 Å². The van der Waals surface area contributed by atoms with Crippen LogP contribution >= 0.6 is 23.2 Å². The van der Waals surface area contributed by atoms with Gasteiger partial charge in [0.2, 0.25) is 0 Å². The van der Waals surface area contributed by atoms with Gasteiger partial charge < -0.3 is 9.84 Å². The molecule has 0 fully saturated rings. The van der Waals surface area contributed by atoms with E-state index < -0.39 is 11.8 Å². The van der Waals surface area contributed by atoms with Crippen LogP contribution in [0.2, 0.25) is 10.0 Å². The molecule has 2 aromatic carbocycles. The van der Waals surface area contributed by atoms with Crippen molar-refractivity contribution in [2.75, 3.05) is 0 Å². The molecular formula is C20H17Cl2FN2O3. The van der Waals surface area contributed by atoms with E-state index in [0.717, 1.165) is 11.3 Å². The Morgan fingerprint density at radius 2 is 1.86 bits per heavy atom. The summed E-state index contributed by atoms with van der Waals surface area (Å²) in [4.78, 5) is 11.1. The Balaban J connectivity index is 1.74. The van der Waals surface area contributed by atoms with E-state index in [1.807, 2.05) is 0 Å². The van der Waals surface area contributed by atoms with Gasteiger partial charge >= 0.3 is 5.97 Å². The maximum Gasteiger partial charge on any atom is 0.356 e. The lowest BCUT2D eigenvalue weighted by Gasteiger charge is -2.13.